The number of benzene rings is 2. The van der Waals surface area contributed by atoms with Gasteiger partial charge in [0.05, 0.1) is 6.10 Å². The maximum absolute atomic E-state index is 10.8. The molecule has 0 spiro atoms. The molecule has 3 nitrogen and oxygen atoms in total. The van der Waals surface area contributed by atoms with E-state index >= 15 is 0 Å². The van der Waals surface area contributed by atoms with Crippen LogP contribution in [0.5, 0.6) is 0 Å². The van der Waals surface area contributed by atoms with Crippen molar-refractivity contribution in [2.75, 3.05) is 6.61 Å². The van der Waals surface area contributed by atoms with Crippen LogP contribution in [0, 0.1) is 0 Å². The Labute approximate surface area is 151 Å². The van der Waals surface area contributed by atoms with Crippen LogP contribution in [0.15, 0.2) is 60.7 Å². The molecule has 2 aromatic carbocycles. The summed E-state index contributed by atoms with van der Waals surface area (Å²) < 4.78 is 12.1. The second kappa shape index (κ2) is 7.24. The third-order valence-corrected chi connectivity index (χ3v) is 9.94. The standard InChI is InChI=1S/C21H26O3Si/c1-21(2,3)25(17-10-6-4-7-11-17,18-12-8-5-9-13-18)23-15-14-19-20(16-22)24-19/h4-13,16,19-20H,14-15H2,1-3H3/t19-,20+/m0/s1. The number of carbonyl (C=O) groups excluding carboxylic acids is 1. The van der Waals surface area contributed by atoms with Crippen molar-refractivity contribution in [1.29, 1.82) is 0 Å². The first-order chi connectivity index (χ1) is 12.0. The SMILES string of the molecule is CC(C)(C)[Si](OCC[C@@H]1O[C@@H]1C=O)(c1ccccc1)c1ccccc1. The summed E-state index contributed by atoms with van der Waals surface area (Å²) in [4.78, 5) is 10.8. The second-order valence-electron chi connectivity index (χ2n) is 7.58. The minimum Gasteiger partial charge on any atom is -0.407 e. The number of rotatable bonds is 7. The molecule has 1 heterocycles. The zero-order chi connectivity index (χ0) is 17.9. The summed E-state index contributed by atoms with van der Waals surface area (Å²) in [6.45, 7) is 7.39. The van der Waals surface area contributed by atoms with Crippen LogP contribution >= 0.6 is 0 Å². The van der Waals surface area contributed by atoms with Gasteiger partial charge in [-0.15, -0.1) is 0 Å². The Balaban J connectivity index is 1.95. The highest BCUT2D eigenvalue weighted by Gasteiger charge is 2.50. The average Bonchev–Trinajstić information content (AvgIpc) is 3.38. The summed E-state index contributed by atoms with van der Waals surface area (Å²) in [5.41, 5.74) is 0. The Hall–Kier alpha value is -1.75. The predicted octanol–water partition coefficient (Wildman–Crippen LogP) is 2.92. The highest BCUT2D eigenvalue weighted by atomic mass is 28.4. The summed E-state index contributed by atoms with van der Waals surface area (Å²) in [5, 5.41) is 2.53. The molecular formula is C21H26O3Si. The largest absolute Gasteiger partial charge is 0.407 e. The normalized spacial score (nSPS) is 20.3. The summed E-state index contributed by atoms with van der Waals surface area (Å²) in [7, 11) is -2.46. The summed E-state index contributed by atoms with van der Waals surface area (Å²) in [6, 6.07) is 21.2. The van der Waals surface area contributed by atoms with Gasteiger partial charge in [-0.05, 0) is 21.8 Å². The number of hydrogen-bond acceptors (Lipinski definition) is 3. The molecule has 0 aliphatic carbocycles. The Morgan fingerprint density at radius 3 is 1.92 bits per heavy atom. The van der Waals surface area contributed by atoms with Gasteiger partial charge in [-0.2, -0.15) is 0 Å². The van der Waals surface area contributed by atoms with Gasteiger partial charge in [0.1, 0.15) is 6.10 Å². The lowest BCUT2D eigenvalue weighted by molar-refractivity contribution is -0.108. The minimum absolute atomic E-state index is 0.0236. The number of hydrogen-bond donors (Lipinski definition) is 0. The van der Waals surface area contributed by atoms with Gasteiger partial charge < -0.3 is 14.0 Å². The van der Waals surface area contributed by atoms with Crippen LogP contribution in [0.1, 0.15) is 27.2 Å². The van der Waals surface area contributed by atoms with Crippen molar-refractivity contribution in [2.24, 2.45) is 0 Å². The molecule has 3 rings (SSSR count). The molecule has 0 bridgehead atoms. The molecule has 1 fully saturated rings. The second-order valence-corrected chi connectivity index (χ2v) is 11.9. The van der Waals surface area contributed by atoms with E-state index in [1.807, 2.05) is 12.1 Å². The van der Waals surface area contributed by atoms with Gasteiger partial charge in [-0.25, -0.2) is 0 Å². The van der Waals surface area contributed by atoms with E-state index in [9.17, 15) is 4.79 Å². The van der Waals surface area contributed by atoms with Crippen LogP contribution in [-0.2, 0) is 14.0 Å². The number of aldehydes is 1. The molecular weight excluding hydrogens is 328 g/mol. The topological polar surface area (TPSA) is 38.8 Å². The third kappa shape index (κ3) is 3.61. The Kier molecular flexibility index (Phi) is 5.23. The molecule has 1 aliphatic heterocycles. The van der Waals surface area contributed by atoms with Gasteiger partial charge in [0, 0.05) is 6.61 Å². The Morgan fingerprint density at radius 1 is 1.00 bits per heavy atom. The Morgan fingerprint density at radius 2 is 1.52 bits per heavy atom. The molecule has 132 valence electrons. The molecule has 2 atom stereocenters. The fraction of sp³-hybridized carbons (Fsp3) is 0.381. The van der Waals surface area contributed by atoms with E-state index < -0.39 is 8.32 Å². The third-order valence-electron chi connectivity index (χ3n) is 4.89. The molecule has 0 aromatic heterocycles. The van der Waals surface area contributed by atoms with E-state index in [1.165, 1.54) is 10.4 Å². The molecule has 4 heteroatoms. The smallest absolute Gasteiger partial charge is 0.261 e. The molecule has 1 saturated heterocycles. The molecule has 2 aromatic rings. The first kappa shape index (κ1) is 18.1. The number of ether oxygens (including phenoxy) is 1. The van der Waals surface area contributed by atoms with Crippen LogP contribution in [0.3, 0.4) is 0 Å². The van der Waals surface area contributed by atoms with Crippen LogP contribution < -0.4 is 10.4 Å². The van der Waals surface area contributed by atoms with Crippen LogP contribution in [0.2, 0.25) is 5.04 Å². The monoisotopic (exact) mass is 354 g/mol. The lowest BCUT2D eigenvalue weighted by Crippen LogP contribution is -2.66. The van der Waals surface area contributed by atoms with Crippen molar-refractivity contribution >= 4 is 25.0 Å². The maximum Gasteiger partial charge on any atom is 0.261 e. The number of carbonyl (C=O) groups is 1. The van der Waals surface area contributed by atoms with Crippen LogP contribution in [-0.4, -0.2) is 33.4 Å². The maximum atomic E-state index is 10.8. The molecule has 1 aliphatic rings. The molecule has 0 saturated carbocycles. The van der Waals surface area contributed by atoms with Crippen molar-refractivity contribution in [2.45, 2.75) is 44.4 Å². The molecule has 0 amide bonds. The quantitative estimate of drug-likeness (QED) is 0.436. The van der Waals surface area contributed by atoms with Gasteiger partial charge in [-0.1, -0.05) is 81.4 Å². The highest BCUT2D eigenvalue weighted by molar-refractivity contribution is 6.99. The molecule has 0 N–H and O–H groups in total. The van der Waals surface area contributed by atoms with E-state index in [1.54, 1.807) is 0 Å². The van der Waals surface area contributed by atoms with Crippen molar-refractivity contribution < 1.29 is 14.0 Å². The lowest BCUT2D eigenvalue weighted by atomic mass is 10.2. The first-order valence-corrected chi connectivity index (χ1v) is 10.8. The zero-order valence-electron chi connectivity index (χ0n) is 15.1. The van der Waals surface area contributed by atoms with E-state index in [-0.39, 0.29) is 17.2 Å². The lowest BCUT2D eigenvalue weighted by Gasteiger charge is -2.43. The van der Waals surface area contributed by atoms with E-state index in [0.29, 0.717) is 6.61 Å². The summed E-state index contributed by atoms with van der Waals surface area (Å²) in [5.74, 6) is 0. The minimum atomic E-state index is -2.46. The molecule has 25 heavy (non-hydrogen) atoms. The van der Waals surface area contributed by atoms with Crippen LogP contribution in [0.25, 0.3) is 0 Å². The van der Waals surface area contributed by atoms with Crippen molar-refractivity contribution in [3.05, 3.63) is 60.7 Å². The summed E-state index contributed by atoms with van der Waals surface area (Å²) in [6.07, 6.45) is 1.43. The Bertz CT molecular complexity index is 655. The highest BCUT2D eigenvalue weighted by Crippen LogP contribution is 2.37. The van der Waals surface area contributed by atoms with Gasteiger partial charge >= 0.3 is 0 Å². The predicted molar refractivity (Wildman–Crippen MR) is 103 cm³/mol. The van der Waals surface area contributed by atoms with Crippen molar-refractivity contribution in [1.82, 2.24) is 0 Å². The van der Waals surface area contributed by atoms with Crippen molar-refractivity contribution in [3.63, 3.8) is 0 Å². The van der Waals surface area contributed by atoms with Gasteiger partial charge in [0.15, 0.2) is 6.29 Å². The van der Waals surface area contributed by atoms with Crippen LogP contribution in [0.4, 0.5) is 0 Å². The van der Waals surface area contributed by atoms with Gasteiger partial charge in [0.2, 0.25) is 0 Å². The van der Waals surface area contributed by atoms with Gasteiger partial charge in [-0.3, -0.25) is 0 Å². The number of epoxide rings is 1. The van der Waals surface area contributed by atoms with E-state index in [0.717, 1.165) is 12.7 Å². The van der Waals surface area contributed by atoms with Gasteiger partial charge in [0.25, 0.3) is 8.32 Å². The average molecular weight is 355 g/mol. The van der Waals surface area contributed by atoms with Crippen molar-refractivity contribution in [3.8, 4) is 0 Å². The molecule has 0 radical (unpaired) electrons. The van der Waals surface area contributed by atoms with E-state index in [2.05, 4.69) is 69.3 Å². The molecule has 0 unspecified atom stereocenters. The first-order valence-electron chi connectivity index (χ1n) is 8.85. The summed E-state index contributed by atoms with van der Waals surface area (Å²) >= 11 is 0. The van der Waals surface area contributed by atoms with E-state index in [4.69, 9.17) is 9.16 Å². The zero-order valence-corrected chi connectivity index (χ0v) is 16.1. The fourth-order valence-electron chi connectivity index (χ4n) is 3.60. The fourth-order valence-corrected chi connectivity index (χ4v) is 8.18.